The Kier molecular flexibility index (Phi) is 6.43. The molecule has 5 aliphatic carbocycles. The molecule has 1 aliphatic heterocycles. The maximum atomic E-state index is 12.7. The van der Waals surface area contributed by atoms with Crippen LogP contribution in [0.5, 0.6) is 0 Å². The first-order valence-corrected chi connectivity index (χ1v) is 15.7. The molecular formula is C33H49NO5. The molecule has 6 aliphatic rings. The Morgan fingerprint density at radius 1 is 1.00 bits per heavy atom. The fourth-order valence-corrected chi connectivity index (χ4v) is 11.7. The van der Waals surface area contributed by atoms with E-state index in [4.69, 9.17) is 4.74 Å². The summed E-state index contributed by atoms with van der Waals surface area (Å²) in [7, 11) is 0. The van der Waals surface area contributed by atoms with E-state index in [0.29, 0.717) is 17.8 Å². The molecule has 0 bridgehead atoms. The number of rotatable bonds is 2. The largest absolute Gasteiger partial charge is 0.481 e. The minimum atomic E-state index is -0.988. The van der Waals surface area contributed by atoms with Crippen LogP contribution < -0.4 is 0 Å². The molecule has 0 aromatic carbocycles. The van der Waals surface area contributed by atoms with Gasteiger partial charge in [0.15, 0.2) is 0 Å². The van der Waals surface area contributed by atoms with Crippen molar-refractivity contribution in [3.63, 3.8) is 0 Å². The Labute approximate surface area is 234 Å². The van der Waals surface area contributed by atoms with Gasteiger partial charge in [-0.3, -0.25) is 4.79 Å². The van der Waals surface area contributed by atoms with Crippen LogP contribution in [0, 0.1) is 69.0 Å². The zero-order valence-electron chi connectivity index (χ0n) is 24.5. The maximum absolute atomic E-state index is 12.7. The number of hydrogen-bond acceptors (Lipinski definition) is 5. The molecule has 4 saturated carbocycles. The van der Waals surface area contributed by atoms with Crippen LogP contribution in [-0.4, -0.2) is 45.2 Å². The lowest BCUT2D eigenvalue weighted by Crippen LogP contribution is -2.65. The van der Waals surface area contributed by atoms with E-state index in [0.717, 1.165) is 64.2 Å². The highest BCUT2D eigenvalue weighted by Crippen LogP contribution is 2.71. The van der Waals surface area contributed by atoms with Crippen LogP contribution in [0.1, 0.15) is 98.8 Å². The molecule has 6 nitrogen and oxygen atoms in total. The van der Waals surface area contributed by atoms with Crippen molar-refractivity contribution in [2.24, 2.45) is 57.7 Å². The SMILES string of the molecule is CC1CCC2(C(=O)O)CCC3C(=CCC4C3(C)CCC3C4(C)CCC(C4OC(C#N)C(C)C4O)[C@@]3(C)O)C2C1. The lowest BCUT2D eigenvalue weighted by Gasteiger charge is -2.68. The number of ether oxygens (including phenoxy) is 1. The summed E-state index contributed by atoms with van der Waals surface area (Å²) in [6.45, 7) is 11.0. The molecule has 1 heterocycles. The van der Waals surface area contributed by atoms with E-state index in [1.54, 1.807) is 0 Å². The van der Waals surface area contributed by atoms with Crippen molar-refractivity contribution < 1.29 is 24.9 Å². The van der Waals surface area contributed by atoms with E-state index < -0.39 is 35.3 Å². The molecule has 3 N–H and O–H groups in total. The third-order valence-corrected chi connectivity index (χ3v) is 13.9. The second kappa shape index (κ2) is 9.04. The molecule has 1 saturated heterocycles. The first-order valence-electron chi connectivity index (χ1n) is 15.7. The summed E-state index contributed by atoms with van der Waals surface area (Å²) < 4.78 is 6.08. The lowest BCUT2D eigenvalue weighted by atomic mass is 9.37. The normalized spacial score (nSPS) is 56.7. The standard InChI is InChI=1S/C33H49NO5/c1-18-8-14-33(29(36)37)15-10-21-20(23(33)16-18)6-7-25-30(21,3)13-11-26-31(25,4)12-9-22(32(26,5)38)28-27(35)19(2)24(17-34)39-28/h6,18-19,21-28,35,38H,7-16H2,1-5H3,(H,36,37)/t18?,19?,21?,22?,23?,24?,25?,26?,27?,28?,30?,31?,32-,33?/m1/s1. The van der Waals surface area contributed by atoms with Crippen LogP contribution in [0.3, 0.4) is 0 Å². The van der Waals surface area contributed by atoms with Gasteiger partial charge in [0.1, 0.15) is 6.10 Å². The second-order valence-corrected chi connectivity index (χ2v) is 15.5. The topological polar surface area (TPSA) is 111 Å². The first kappa shape index (κ1) is 27.7. The summed E-state index contributed by atoms with van der Waals surface area (Å²) in [5.41, 5.74) is -0.0531. The Hall–Kier alpha value is -1.42. The highest BCUT2D eigenvalue weighted by molar-refractivity contribution is 5.76. The van der Waals surface area contributed by atoms with Crippen LogP contribution in [0.4, 0.5) is 0 Å². The predicted octanol–water partition coefficient (Wildman–Crippen LogP) is 5.72. The van der Waals surface area contributed by atoms with Gasteiger partial charge >= 0.3 is 5.97 Å². The Bertz CT molecular complexity index is 1090. The van der Waals surface area contributed by atoms with Crippen molar-refractivity contribution in [2.75, 3.05) is 0 Å². The van der Waals surface area contributed by atoms with Gasteiger partial charge in [0.25, 0.3) is 0 Å². The molecular weight excluding hydrogens is 490 g/mol. The van der Waals surface area contributed by atoms with E-state index in [2.05, 4.69) is 32.9 Å². The van der Waals surface area contributed by atoms with Crippen molar-refractivity contribution in [1.29, 1.82) is 5.26 Å². The summed E-state index contributed by atoms with van der Waals surface area (Å²) in [6, 6.07) is 2.20. The van der Waals surface area contributed by atoms with Crippen molar-refractivity contribution in [1.82, 2.24) is 0 Å². The molecule has 0 aromatic heterocycles. The highest BCUT2D eigenvalue weighted by Gasteiger charge is 2.67. The zero-order valence-corrected chi connectivity index (χ0v) is 24.5. The molecule has 0 radical (unpaired) electrons. The van der Waals surface area contributed by atoms with Crippen LogP contribution in [-0.2, 0) is 9.53 Å². The third-order valence-electron chi connectivity index (χ3n) is 13.9. The Morgan fingerprint density at radius 3 is 2.36 bits per heavy atom. The van der Waals surface area contributed by atoms with Gasteiger partial charge in [0, 0.05) is 11.8 Å². The lowest BCUT2D eigenvalue weighted by molar-refractivity contribution is -0.228. The number of aliphatic hydroxyl groups is 2. The minimum Gasteiger partial charge on any atom is -0.481 e. The maximum Gasteiger partial charge on any atom is 0.310 e. The van der Waals surface area contributed by atoms with Crippen molar-refractivity contribution in [3.05, 3.63) is 11.6 Å². The zero-order chi connectivity index (χ0) is 28.1. The number of fused-ring (bicyclic) bond motifs is 7. The van der Waals surface area contributed by atoms with E-state index in [1.807, 2.05) is 13.8 Å². The molecule has 6 rings (SSSR count). The summed E-state index contributed by atoms with van der Waals surface area (Å²) in [4.78, 5) is 12.7. The summed E-state index contributed by atoms with van der Waals surface area (Å²) in [6.07, 6.45) is 9.87. The molecule has 216 valence electrons. The molecule has 39 heavy (non-hydrogen) atoms. The quantitative estimate of drug-likeness (QED) is 0.387. The van der Waals surface area contributed by atoms with E-state index in [-0.39, 0.29) is 34.5 Å². The molecule has 0 spiro atoms. The van der Waals surface area contributed by atoms with Gasteiger partial charge < -0.3 is 20.1 Å². The molecule has 5 fully saturated rings. The number of carboxylic acid groups (broad SMARTS) is 1. The summed E-state index contributed by atoms with van der Waals surface area (Å²) in [5, 5.41) is 43.2. The van der Waals surface area contributed by atoms with Crippen molar-refractivity contribution >= 4 is 5.97 Å². The van der Waals surface area contributed by atoms with Crippen LogP contribution >= 0.6 is 0 Å². The summed E-state index contributed by atoms with van der Waals surface area (Å²) in [5.74, 6) is 0.659. The molecule has 0 aromatic rings. The van der Waals surface area contributed by atoms with Gasteiger partial charge in [0.05, 0.1) is 29.3 Å². The fourth-order valence-electron chi connectivity index (χ4n) is 11.7. The Balaban J connectivity index is 1.31. The monoisotopic (exact) mass is 539 g/mol. The first-order chi connectivity index (χ1) is 18.3. The number of hydrogen-bond donors (Lipinski definition) is 3. The minimum absolute atomic E-state index is 0.0416. The van der Waals surface area contributed by atoms with Gasteiger partial charge in [-0.1, -0.05) is 39.3 Å². The van der Waals surface area contributed by atoms with Crippen LogP contribution in [0.15, 0.2) is 11.6 Å². The van der Waals surface area contributed by atoms with E-state index in [9.17, 15) is 25.4 Å². The third kappa shape index (κ3) is 3.64. The predicted molar refractivity (Wildman–Crippen MR) is 147 cm³/mol. The second-order valence-electron chi connectivity index (χ2n) is 15.5. The molecule has 6 heteroatoms. The average molecular weight is 540 g/mol. The number of nitrogens with zero attached hydrogens (tertiary/aromatic N) is 1. The molecule has 14 atom stereocenters. The fraction of sp³-hybridized carbons (Fsp3) is 0.879. The van der Waals surface area contributed by atoms with Crippen LogP contribution in [0.25, 0.3) is 0 Å². The number of aliphatic hydroxyl groups excluding tert-OH is 1. The van der Waals surface area contributed by atoms with Gasteiger partial charge in [-0.2, -0.15) is 5.26 Å². The van der Waals surface area contributed by atoms with E-state index >= 15 is 0 Å². The number of nitriles is 1. The van der Waals surface area contributed by atoms with Crippen molar-refractivity contribution in [3.8, 4) is 6.07 Å². The van der Waals surface area contributed by atoms with Gasteiger partial charge in [-0.15, -0.1) is 0 Å². The van der Waals surface area contributed by atoms with Gasteiger partial charge in [-0.05, 0) is 112 Å². The molecule has 13 unspecified atom stereocenters. The van der Waals surface area contributed by atoms with E-state index in [1.165, 1.54) is 5.57 Å². The van der Waals surface area contributed by atoms with Gasteiger partial charge in [-0.25, -0.2) is 0 Å². The average Bonchev–Trinajstić information content (AvgIpc) is 3.16. The van der Waals surface area contributed by atoms with Gasteiger partial charge in [0.2, 0.25) is 0 Å². The molecule has 0 amide bonds. The number of carbonyl (C=O) groups is 1. The highest BCUT2D eigenvalue weighted by atomic mass is 16.5. The Morgan fingerprint density at radius 2 is 1.69 bits per heavy atom. The smallest absolute Gasteiger partial charge is 0.310 e. The van der Waals surface area contributed by atoms with Crippen molar-refractivity contribution in [2.45, 2.75) is 123 Å². The number of allylic oxidation sites excluding steroid dienone is 2. The number of carboxylic acids is 1. The van der Waals surface area contributed by atoms with Crippen LogP contribution in [0.2, 0.25) is 0 Å². The number of aliphatic carboxylic acids is 1. The summed E-state index contributed by atoms with van der Waals surface area (Å²) >= 11 is 0.